The lowest BCUT2D eigenvalue weighted by Gasteiger charge is -2.04. The minimum Gasteiger partial charge on any atom is -0.495 e. The van der Waals surface area contributed by atoms with E-state index in [9.17, 15) is 0 Å². The Hall–Kier alpha value is -1.56. The monoisotopic (exact) mass is 188 g/mol. The molecule has 0 aliphatic heterocycles. The van der Waals surface area contributed by atoms with E-state index in [1.807, 2.05) is 0 Å². The van der Waals surface area contributed by atoms with Crippen LogP contribution in [0.2, 0.25) is 0 Å². The fourth-order valence-corrected chi connectivity index (χ4v) is 1.30. The molecule has 0 aromatic carbocycles. The fraction of sp³-hybridized carbons (Fsp3) is 0.455. The van der Waals surface area contributed by atoms with E-state index in [1.165, 1.54) is 12.8 Å². The van der Waals surface area contributed by atoms with Gasteiger partial charge >= 0.3 is 0 Å². The second kappa shape index (κ2) is 4.10. The van der Waals surface area contributed by atoms with Crippen molar-refractivity contribution in [3.63, 3.8) is 0 Å². The zero-order chi connectivity index (χ0) is 9.80. The van der Waals surface area contributed by atoms with Crippen molar-refractivity contribution in [1.29, 1.82) is 0 Å². The van der Waals surface area contributed by atoms with Gasteiger partial charge in [0.2, 0.25) is 0 Å². The van der Waals surface area contributed by atoms with Gasteiger partial charge in [0.05, 0.1) is 6.61 Å². The van der Waals surface area contributed by atoms with Gasteiger partial charge < -0.3 is 9.58 Å². The van der Waals surface area contributed by atoms with Crippen molar-refractivity contribution in [2.24, 2.45) is 5.92 Å². The highest BCUT2D eigenvalue weighted by Gasteiger charge is 2.20. The van der Waals surface area contributed by atoms with Crippen molar-refractivity contribution < 1.29 is 4.74 Å². The van der Waals surface area contributed by atoms with E-state index in [4.69, 9.17) is 11.3 Å². The molecule has 0 amide bonds. The van der Waals surface area contributed by atoms with Gasteiger partial charge in [0.1, 0.15) is 11.9 Å². The molecule has 3 heteroatoms. The molecule has 0 bridgehead atoms. The van der Waals surface area contributed by atoms with Gasteiger partial charge in [-0.1, -0.05) is 19.4 Å². The quantitative estimate of drug-likeness (QED) is 0.679. The van der Waals surface area contributed by atoms with Crippen LogP contribution in [0.4, 0.5) is 5.82 Å². The van der Waals surface area contributed by atoms with Crippen molar-refractivity contribution in [3.8, 4) is 5.75 Å². The minimum atomic E-state index is 0.397. The molecule has 0 N–H and O–H groups in total. The lowest BCUT2D eigenvalue weighted by molar-refractivity contribution is 0.302. The average molecular weight is 188 g/mol. The summed E-state index contributed by atoms with van der Waals surface area (Å²) in [6.07, 6.45) is 5.45. The van der Waals surface area contributed by atoms with Crippen LogP contribution in [0.15, 0.2) is 18.3 Å². The first-order valence-corrected chi connectivity index (χ1v) is 4.85. The summed E-state index contributed by atoms with van der Waals surface area (Å²) >= 11 is 0. The Kier molecular flexibility index (Phi) is 2.64. The highest BCUT2D eigenvalue weighted by atomic mass is 16.5. The first-order valence-electron chi connectivity index (χ1n) is 4.85. The van der Waals surface area contributed by atoms with E-state index in [0.29, 0.717) is 5.82 Å². The molecule has 0 unspecified atom stereocenters. The summed E-state index contributed by atoms with van der Waals surface area (Å²) in [5.74, 6) is 2.04. The second-order valence-electron chi connectivity index (χ2n) is 3.54. The number of hydrogen-bond acceptors (Lipinski definition) is 2. The van der Waals surface area contributed by atoms with E-state index in [1.54, 1.807) is 18.3 Å². The van der Waals surface area contributed by atoms with Crippen LogP contribution in [-0.2, 0) is 0 Å². The van der Waals surface area contributed by atoms with Crippen molar-refractivity contribution in [2.45, 2.75) is 19.3 Å². The predicted octanol–water partition coefficient (Wildman–Crippen LogP) is 2.81. The summed E-state index contributed by atoms with van der Waals surface area (Å²) in [4.78, 5) is 7.12. The van der Waals surface area contributed by atoms with Gasteiger partial charge in [0, 0.05) is 12.1 Å². The van der Waals surface area contributed by atoms with Gasteiger partial charge in [-0.15, -0.1) is 4.98 Å². The summed E-state index contributed by atoms with van der Waals surface area (Å²) in [6.45, 7) is 7.56. The molecule has 0 radical (unpaired) electrons. The van der Waals surface area contributed by atoms with E-state index >= 15 is 0 Å². The fourth-order valence-electron chi connectivity index (χ4n) is 1.30. The Labute approximate surface area is 83.6 Å². The molecule has 0 spiro atoms. The van der Waals surface area contributed by atoms with Crippen LogP contribution in [0.5, 0.6) is 5.75 Å². The Bertz CT molecular complexity index is 353. The molecule has 3 nitrogen and oxygen atoms in total. The number of rotatable bonds is 4. The standard InChI is InChI=1S/C11H12N2O/c1-12-11-8-10(4-6-13-11)14-7-5-9-2-3-9/h4,6,8-9H,2-3,5,7H2. The number of aromatic nitrogens is 1. The van der Waals surface area contributed by atoms with Crippen LogP contribution < -0.4 is 4.74 Å². The molecule has 0 saturated heterocycles. The summed E-state index contributed by atoms with van der Waals surface area (Å²) in [5.41, 5.74) is 0. The smallest absolute Gasteiger partial charge is 0.273 e. The first kappa shape index (κ1) is 9.01. The average Bonchev–Trinajstić information content (AvgIpc) is 3.02. The SMILES string of the molecule is [C-]#[N+]c1cc(OCCC2CC2)ccn1. The van der Waals surface area contributed by atoms with Gasteiger partial charge in [0.25, 0.3) is 5.82 Å². The second-order valence-corrected chi connectivity index (χ2v) is 3.54. The van der Waals surface area contributed by atoms with Crippen LogP contribution >= 0.6 is 0 Å². The third-order valence-corrected chi connectivity index (χ3v) is 2.32. The molecule has 72 valence electrons. The van der Waals surface area contributed by atoms with Gasteiger partial charge in [-0.3, -0.25) is 0 Å². The lowest BCUT2D eigenvalue weighted by atomic mass is 10.3. The van der Waals surface area contributed by atoms with Crippen LogP contribution in [0.25, 0.3) is 4.85 Å². The maximum absolute atomic E-state index is 6.80. The number of hydrogen-bond donors (Lipinski definition) is 0. The van der Waals surface area contributed by atoms with E-state index in [-0.39, 0.29) is 0 Å². The van der Waals surface area contributed by atoms with E-state index in [2.05, 4.69) is 9.83 Å². The van der Waals surface area contributed by atoms with Crippen LogP contribution in [0.1, 0.15) is 19.3 Å². The Morgan fingerprint density at radius 3 is 3.14 bits per heavy atom. The normalized spacial score (nSPS) is 14.8. The zero-order valence-electron chi connectivity index (χ0n) is 7.94. The summed E-state index contributed by atoms with van der Waals surface area (Å²) < 4.78 is 5.52. The molecule has 14 heavy (non-hydrogen) atoms. The maximum Gasteiger partial charge on any atom is 0.273 e. The molecule has 1 aliphatic carbocycles. The largest absolute Gasteiger partial charge is 0.495 e. The number of nitrogens with zero attached hydrogens (tertiary/aromatic N) is 2. The molecule has 2 rings (SSSR count). The topological polar surface area (TPSA) is 26.5 Å². The summed E-state index contributed by atoms with van der Waals surface area (Å²) in [7, 11) is 0. The zero-order valence-corrected chi connectivity index (χ0v) is 7.94. The first-order chi connectivity index (χ1) is 6.88. The van der Waals surface area contributed by atoms with E-state index in [0.717, 1.165) is 24.7 Å². The van der Waals surface area contributed by atoms with E-state index < -0.39 is 0 Å². The molecular weight excluding hydrogens is 176 g/mol. The maximum atomic E-state index is 6.80. The van der Waals surface area contributed by atoms with Crippen LogP contribution in [0.3, 0.4) is 0 Å². The highest BCUT2D eigenvalue weighted by molar-refractivity contribution is 5.41. The molecular formula is C11H12N2O. The van der Waals surface area contributed by atoms with Crippen molar-refractivity contribution in [2.75, 3.05) is 6.61 Å². The van der Waals surface area contributed by atoms with Crippen molar-refractivity contribution >= 4 is 5.82 Å². The molecule has 1 aromatic rings. The van der Waals surface area contributed by atoms with Gasteiger partial charge in [0.15, 0.2) is 0 Å². The van der Waals surface area contributed by atoms with Gasteiger partial charge in [-0.25, -0.2) is 0 Å². The van der Waals surface area contributed by atoms with Crippen molar-refractivity contribution in [3.05, 3.63) is 29.7 Å². The molecule has 1 saturated carbocycles. The number of pyridine rings is 1. The Morgan fingerprint density at radius 2 is 2.43 bits per heavy atom. The van der Waals surface area contributed by atoms with Gasteiger partial charge in [-0.05, 0) is 12.3 Å². The summed E-state index contributed by atoms with van der Waals surface area (Å²) in [6, 6.07) is 3.47. The third-order valence-electron chi connectivity index (χ3n) is 2.32. The molecule has 1 aliphatic rings. The number of ether oxygens (including phenoxy) is 1. The third kappa shape index (κ3) is 2.46. The Balaban J connectivity index is 1.85. The highest BCUT2D eigenvalue weighted by Crippen LogP contribution is 2.32. The molecule has 1 heterocycles. The molecule has 1 fully saturated rings. The van der Waals surface area contributed by atoms with Crippen LogP contribution in [-0.4, -0.2) is 11.6 Å². The Morgan fingerprint density at radius 1 is 1.57 bits per heavy atom. The minimum absolute atomic E-state index is 0.397. The predicted molar refractivity (Wildman–Crippen MR) is 53.3 cm³/mol. The van der Waals surface area contributed by atoms with Crippen LogP contribution in [0, 0.1) is 12.5 Å². The summed E-state index contributed by atoms with van der Waals surface area (Å²) in [5, 5.41) is 0. The van der Waals surface area contributed by atoms with Crippen molar-refractivity contribution in [1.82, 2.24) is 4.98 Å². The molecule has 1 aromatic heterocycles. The van der Waals surface area contributed by atoms with Gasteiger partial charge in [-0.2, -0.15) is 0 Å². The molecule has 0 atom stereocenters. The lowest BCUT2D eigenvalue weighted by Crippen LogP contribution is -1.97.